The summed E-state index contributed by atoms with van der Waals surface area (Å²) in [6.45, 7) is 0. The number of hydrogen-bond acceptors (Lipinski definition) is 1. The van der Waals surface area contributed by atoms with Gasteiger partial charge in [0.2, 0.25) is 0 Å². The van der Waals surface area contributed by atoms with Crippen molar-refractivity contribution in [1.29, 1.82) is 0 Å². The minimum Gasteiger partial charge on any atom is -0.611 e. The van der Waals surface area contributed by atoms with Gasteiger partial charge in [-0.2, -0.15) is 0 Å². The third-order valence-corrected chi connectivity index (χ3v) is 4.05. The van der Waals surface area contributed by atoms with Gasteiger partial charge in [0.1, 0.15) is 5.75 Å². The fraction of sp³-hybridized carbons (Fsp3) is 0.0769. The van der Waals surface area contributed by atoms with Crippen LogP contribution in [0.4, 0.5) is 0 Å². The van der Waals surface area contributed by atoms with Gasteiger partial charge in [0.05, 0.1) is 0 Å². The topological polar surface area (TPSA) is 23.1 Å². The number of benzene rings is 2. The van der Waals surface area contributed by atoms with E-state index in [9.17, 15) is 4.55 Å². The molecule has 0 aliphatic carbocycles. The molecule has 3 rings (SSSR count). The van der Waals surface area contributed by atoms with E-state index in [4.69, 9.17) is 0 Å². The van der Waals surface area contributed by atoms with E-state index in [1.807, 2.05) is 30.3 Å². The Bertz CT molecular complexity index is 545. The van der Waals surface area contributed by atoms with Crippen LogP contribution in [0, 0.1) is 0 Å². The zero-order valence-electron chi connectivity index (χ0n) is 8.14. The van der Waals surface area contributed by atoms with Crippen LogP contribution in [0.25, 0.3) is 16.8 Å². The number of fused-ring (bicyclic) bond motifs is 3. The molecule has 0 amide bonds. The molecule has 74 valence electrons. The molecule has 0 N–H and O–H groups in total. The lowest BCUT2D eigenvalue weighted by Gasteiger charge is -2.16. The summed E-state index contributed by atoms with van der Waals surface area (Å²) in [6.07, 6.45) is 4.07. The van der Waals surface area contributed by atoms with Crippen LogP contribution in [0.2, 0.25) is 0 Å². The predicted octanol–water partition coefficient (Wildman–Crippen LogP) is 2.97. The standard InChI is InChI=1S/C13H10OS/c14-15-9-3-6-12-11-5-2-1-4-10(11)7-8-13(12)15/h1-8H,9H2. The van der Waals surface area contributed by atoms with E-state index < -0.39 is 11.2 Å². The SMILES string of the molecule is [O-][S+]1CC=Cc2c1ccc1ccccc21. The lowest BCUT2D eigenvalue weighted by molar-refractivity contribution is 0.597. The molecule has 1 heterocycles. The largest absolute Gasteiger partial charge is 0.611 e. The van der Waals surface area contributed by atoms with Crippen LogP contribution in [0.5, 0.6) is 0 Å². The highest BCUT2D eigenvalue weighted by atomic mass is 32.2. The molecule has 2 aromatic carbocycles. The summed E-state index contributed by atoms with van der Waals surface area (Å²) >= 11 is -0.858. The van der Waals surface area contributed by atoms with E-state index in [1.54, 1.807) is 0 Å². The molecule has 15 heavy (non-hydrogen) atoms. The van der Waals surface area contributed by atoms with Crippen LogP contribution in [0.1, 0.15) is 5.56 Å². The molecule has 0 spiro atoms. The van der Waals surface area contributed by atoms with E-state index in [1.165, 1.54) is 10.8 Å². The van der Waals surface area contributed by atoms with Crippen molar-refractivity contribution < 1.29 is 4.55 Å². The molecule has 0 radical (unpaired) electrons. The average molecular weight is 214 g/mol. The Hall–Kier alpha value is -1.25. The molecule has 1 atom stereocenters. The Balaban J connectivity index is 2.39. The Kier molecular flexibility index (Phi) is 2.04. The molecule has 0 saturated carbocycles. The maximum absolute atomic E-state index is 11.8. The summed E-state index contributed by atoms with van der Waals surface area (Å²) in [7, 11) is 0. The molecule has 0 fully saturated rings. The van der Waals surface area contributed by atoms with Crippen molar-refractivity contribution >= 4 is 28.0 Å². The van der Waals surface area contributed by atoms with Crippen LogP contribution in [-0.2, 0) is 11.2 Å². The molecule has 0 saturated heterocycles. The summed E-state index contributed by atoms with van der Waals surface area (Å²) in [6, 6.07) is 12.2. The first kappa shape index (κ1) is 9.01. The molecule has 2 aromatic rings. The number of hydrogen-bond donors (Lipinski definition) is 0. The van der Waals surface area contributed by atoms with Crippen molar-refractivity contribution in [2.75, 3.05) is 5.75 Å². The molecular weight excluding hydrogens is 204 g/mol. The normalized spacial score (nSPS) is 19.1. The Morgan fingerprint density at radius 1 is 1.07 bits per heavy atom. The van der Waals surface area contributed by atoms with Gasteiger partial charge in [-0.25, -0.2) is 0 Å². The van der Waals surface area contributed by atoms with Gasteiger partial charge < -0.3 is 4.55 Å². The molecule has 1 nitrogen and oxygen atoms in total. The van der Waals surface area contributed by atoms with Gasteiger partial charge in [-0.1, -0.05) is 24.3 Å². The summed E-state index contributed by atoms with van der Waals surface area (Å²) < 4.78 is 11.8. The van der Waals surface area contributed by atoms with E-state index in [0.717, 1.165) is 10.5 Å². The molecule has 0 bridgehead atoms. The monoisotopic (exact) mass is 214 g/mol. The van der Waals surface area contributed by atoms with E-state index >= 15 is 0 Å². The van der Waals surface area contributed by atoms with Crippen LogP contribution in [-0.4, -0.2) is 10.3 Å². The first-order valence-electron chi connectivity index (χ1n) is 4.93. The van der Waals surface area contributed by atoms with E-state index in [-0.39, 0.29) is 0 Å². The third kappa shape index (κ3) is 1.37. The summed E-state index contributed by atoms with van der Waals surface area (Å²) in [4.78, 5) is 0.969. The van der Waals surface area contributed by atoms with Crippen LogP contribution < -0.4 is 0 Å². The maximum Gasteiger partial charge on any atom is 0.160 e. The molecule has 2 heteroatoms. The fourth-order valence-corrected chi connectivity index (χ4v) is 3.08. The van der Waals surface area contributed by atoms with Gasteiger partial charge in [0.25, 0.3) is 0 Å². The zero-order chi connectivity index (χ0) is 10.3. The third-order valence-electron chi connectivity index (χ3n) is 2.71. The zero-order valence-corrected chi connectivity index (χ0v) is 8.96. The summed E-state index contributed by atoms with van der Waals surface area (Å²) in [5.41, 5.74) is 1.12. The molecule has 0 aromatic heterocycles. The van der Waals surface area contributed by atoms with Crippen molar-refractivity contribution in [3.8, 4) is 0 Å². The first-order valence-corrected chi connectivity index (χ1v) is 6.25. The Labute approximate surface area is 91.6 Å². The highest BCUT2D eigenvalue weighted by Crippen LogP contribution is 2.30. The van der Waals surface area contributed by atoms with Crippen molar-refractivity contribution in [1.82, 2.24) is 0 Å². The summed E-state index contributed by atoms with van der Waals surface area (Å²) in [5, 5.41) is 2.40. The lowest BCUT2D eigenvalue weighted by atomic mass is 10.0. The molecule has 1 aliphatic heterocycles. The Morgan fingerprint density at radius 3 is 2.87 bits per heavy atom. The van der Waals surface area contributed by atoms with Gasteiger partial charge in [0.15, 0.2) is 4.90 Å². The van der Waals surface area contributed by atoms with Gasteiger partial charge in [-0.05, 0) is 46.2 Å². The predicted molar refractivity (Wildman–Crippen MR) is 64.3 cm³/mol. The lowest BCUT2D eigenvalue weighted by Crippen LogP contribution is -2.10. The molecule has 1 unspecified atom stereocenters. The van der Waals surface area contributed by atoms with Crippen LogP contribution in [0.3, 0.4) is 0 Å². The first-order chi connectivity index (χ1) is 7.36. The van der Waals surface area contributed by atoms with Crippen molar-refractivity contribution in [3.05, 3.63) is 48.0 Å². The number of rotatable bonds is 0. The van der Waals surface area contributed by atoms with E-state index in [0.29, 0.717) is 5.75 Å². The van der Waals surface area contributed by atoms with Crippen molar-refractivity contribution in [2.45, 2.75) is 4.90 Å². The van der Waals surface area contributed by atoms with Crippen molar-refractivity contribution in [3.63, 3.8) is 0 Å². The second-order valence-corrected chi connectivity index (χ2v) is 5.08. The second kappa shape index (κ2) is 3.40. The maximum atomic E-state index is 11.8. The highest BCUT2D eigenvalue weighted by molar-refractivity contribution is 7.91. The van der Waals surface area contributed by atoms with Gasteiger partial charge in [-0.3, -0.25) is 0 Å². The quantitative estimate of drug-likeness (QED) is 0.618. The van der Waals surface area contributed by atoms with E-state index in [2.05, 4.69) is 18.2 Å². The minimum atomic E-state index is -0.858. The van der Waals surface area contributed by atoms with Gasteiger partial charge >= 0.3 is 0 Å². The van der Waals surface area contributed by atoms with Crippen LogP contribution >= 0.6 is 0 Å². The fourth-order valence-electron chi connectivity index (χ4n) is 1.99. The van der Waals surface area contributed by atoms with Gasteiger partial charge in [-0.15, -0.1) is 0 Å². The minimum absolute atomic E-state index is 0.644. The Morgan fingerprint density at radius 2 is 1.93 bits per heavy atom. The second-order valence-electron chi connectivity index (χ2n) is 3.61. The summed E-state index contributed by atoms with van der Waals surface area (Å²) in [5.74, 6) is 0.644. The smallest absolute Gasteiger partial charge is 0.160 e. The highest BCUT2D eigenvalue weighted by Gasteiger charge is 2.19. The molecular formula is C13H10OS. The van der Waals surface area contributed by atoms with Gasteiger partial charge in [0, 0.05) is 5.56 Å². The van der Waals surface area contributed by atoms with Crippen LogP contribution in [0.15, 0.2) is 47.4 Å². The average Bonchev–Trinajstić information content (AvgIpc) is 2.29. The molecule has 1 aliphatic rings. The van der Waals surface area contributed by atoms with Crippen molar-refractivity contribution in [2.24, 2.45) is 0 Å².